The topological polar surface area (TPSA) is 267 Å². The molecule has 236 valence electrons. The summed E-state index contributed by atoms with van der Waals surface area (Å²) in [6, 6.07) is 3.11. The number of rotatable bonds is 16. The Morgan fingerprint density at radius 3 is 2.26 bits per heavy atom. The van der Waals surface area contributed by atoms with Crippen molar-refractivity contribution in [3.05, 3.63) is 35.4 Å². The van der Waals surface area contributed by atoms with E-state index >= 15 is 0 Å². The molecule has 1 unspecified atom stereocenters. The maximum atomic E-state index is 13.1. The fourth-order valence-corrected chi connectivity index (χ4v) is 4.37. The molecule has 2 rings (SSSR count). The van der Waals surface area contributed by atoms with Crippen molar-refractivity contribution in [1.29, 1.82) is 0 Å². The van der Waals surface area contributed by atoms with Crippen LogP contribution >= 0.6 is 0 Å². The van der Waals surface area contributed by atoms with Crippen LogP contribution in [0.15, 0.2) is 29.3 Å². The number of aliphatic imine (C=N–C) groups is 1. The van der Waals surface area contributed by atoms with E-state index in [1.54, 1.807) is 13.8 Å². The number of carboxylic acid groups (broad SMARTS) is 2. The molecule has 1 aliphatic heterocycles. The van der Waals surface area contributed by atoms with Crippen LogP contribution in [-0.4, -0.2) is 89.0 Å². The second-order valence-corrected chi connectivity index (χ2v) is 10.4. The van der Waals surface area contributed by atoms with Gasteiger partial charge >= 0.3 is 11.9 Å². The number of aliphatic carboxylic acids is 2. The summed E-state index contributed by atoms with van der Waals surface area (Å²) in [5.74, 6) is -6.40. The number of carbonyl (C=O) groups excluding carboxylic acids is 4. The molecule has 11 N–H and O–H groups in total. The van der Waals surface area contributed by atoms with Gasteiger partial charge in [0, 0.05) is 13.1 Å². The van der Waals surface area contributed by atoms with Crippen molar-refractivity contribution in [2.45, 2.75) is 70.2 Å². The molecule has 0 saturated carbocycles. The van der Waals surface area contributed by atoms with Crippen LogP contribution in [0.1, 0.15) is 44.2 Å². The van der Waals surface area contributed by atoms with Crippen molar-refractivity contribution in [3.63, 3.8) is 0 Å². The first kappa shape index (κ1) is 34.5. The summed E-state index contributed by atoms with van der Waals surface area (Å²) in [6.07, 6.45) is 0.0518. The Balaban J connectivity index is 2.03. The van der Waals surface area contributed by atoms with Crippen LogP contribution in [-0.2, 0) is 41.7 Å². The highest BCUT2D eigenvalue weighted by atomic mass is 16.4. The third-order valence-corrected chi connectivity index (χ3v) is 6.66. The van der Waals surface area contributed by atoms with Crippen molar-refractivity contribution in [2.24, 2.45) is 22.4 Å². The third kappa shape index (κ3) is 11.6. The van der Waals surface area contributed by atoms with Gasteiger partial charge in [0.2, 0.25) is 23.6 Å². The lowest BCUT2D eigenvalue weighted by atomic mass is 9.95. The standard InChI is InChI=1S/C27H40N8O8/c1-14(2)22(26(42)43)35-25(41)19(11-21(37)38)33-20(36)13-32-23(39)17(8-5-9-30-27(28)29)34-24(40)18-10-15-6-3-4-7-16(15)12-31-18/h3-4,6-7,14,17-19,22,31H,5,8-13H2,1-2H3,(H,32,39)(H,33,36)(H,34,40)(H,35,41)(H,37,38)(H,42,43)(H4,28,29,30)/t17-,18?,19-,22-/m0/s1. The van der Waals surface area contributed by atoms with E-state index in [1.165, 1.54) is 0 Å². The van der Waals surface area contributed by atoms with Crippen molar-refractivity contribution in [3.8, 4) is 0 Å². The molecule has 0 saturated heterocycles. The van der Waals surface area contributed by atoms with Crippen LogP contribution in [0.2, 0.25) is 0 Å². The summed E-state index contributed by atoms with van der Waals surface area (Å²) in [6.45, 7) is 3.12. The number of carboxylic acids is 2. The molecule has 0 radical (unpaired) electrons. The minimum Gasteiger partial charge on any atom is -0.481 e. The van der Waals surface area contributed by atoms with Gasteiger partial charge in [0.1, 0.15) is 18.1 Å². The number of hydrogen-bond donors (Lipinski definition) is 9. The van der Waals surface area contributed by atoms with Gasteiger partial charge in [-0.05, 0) is 36.3 Å². The Hall–Kier alpha value is -4.73. The highest BCUT2D eigenvalue weighted by Crippen LogP contribution is 2.16. The lowest BCUT2D eigenvalue weighted by molar-refractivity contribution is -0.144. The third-order valence-electron chi connectivity index (χ3n) is 6.66. The molecule has 1 aliphatic rings. The number of guanidine groups is 1. The number of amides is 4. The van der Waals surface area contributed by atoms with Crippen LogP contribution in [0, 0.1) is 5.92 Å². The van der Waals surface area contributed by atoms with Crippen LogP contribution < -0.4 is 38.1 Å². The Bertz CT molecular complexity index is 1220. The predicted molar refractivity (Wildman–Crippen MR) is 154 cm³/mol. The Kier molecular flexibility index (Phi) is 13.3. The van der Waals surface area contributed by atoms with Gasteiger partial charge in [-0.2, -0.15) is 0 Å². The monoisotopic (exact) mass is 604 g/mol. The van der Waals surface area contributed by atoms with Gasteiger partial charge in [0.25, 0.3) is 0 Å². The average Bonchev–Trinajstić information content (AvgIpc) is 2.94. The molecule has 16 nitrogen and oxygen atoms in total. The molecule has 0 spiro atoms. The minimum atomic E-state index is -1.60. The van der Waals surface area contributed by atoms with Crippen molar-refractivity contribution in [2.75, 3.05) is 13.1 Å². The number of nitrogens with one attached hydrogen (secondary N) is 5. The van der Waals surface area contributed by atoms with E-state index in [-0.39, 0.29) is 18.9 Å². The summed E-state index contributed by atoms with van der Waals surface area (Å²) in [4.78, 5) is 77.9. The number of fused-ring (bicyclic) bond motifs is 1. The minimum absolute atomic E-state index is 0.130. The summed E-state index contributed by atoms with van der Waals surface area (Å²) in [5.41, 5.74) is 12.8. The first-order valence-electron chi connectivity index (χ1n) is 13.8. The van der Waals surface area contributed by atoms with E-state index in [0.717, 1.165) is 11.1 Å². The zero-order valence-corrected chi connectivity index (χ0v) is 24.1. The molecule has 4 atom stereocenters. The largest absolute Gasteiger partial charge is 0.481 e. The van der Waals surface area contributed by atoms with Crippen LogP contribution in [0.5, 0.6) is 0 Å². The maximum absolute atomic E-state index is 13.1. The second-order valence-electron chi connectivity index (χ2n) is 10.4. The number of nitrogens with two attached hydrogens (primary N) is 2. The molecule has 1 aromatic carbocycles. The van der Waals surface area contributed by atoms with Crippen LogP contribution in [0.25, 0.3) is 0 Å². The fourth-order valence-electron chi connectivity index (χ4n) is 4.37. The van der Waals surface area contributed by atoms with E-state index < -0.39 is 78.6 Å². The van der Waals surface area contributed by atoms with Crippen LogP contribution in [0.3, 0.4) is 0 Å². The van der Waals surface area contributed by atoms with Gasteiger partial charge < -0.3 is 48.3 Å². The SMILES string of the molecule is CC(C)[C@H](NC(=O)[C@H](CC(=O)O)NC(=O)CNC(=O)[C@H](CCCN=C(N)N)NC(=O)C1Cc2ccccc2CN1)C(=O)O. The highest BCUT2D eigenvalue weighted by molar-refractivity contribution is 5.95. The second kappa shape index (κ2) is 16.6. The van der Waals surface area contributed by atoms with E-state index in [1.807, 2.05) is 24.3 Å². The summed E-state index contributed by atoms with van der Waals surface area (Å²) >= 11 is 0. The molecule has 1 heterocycles. The number of benzene rings is 1. The molecule has 0 bridgehead atoms. The van der Waals surface area contributed by atoms with E-state index in [9.17, 15) is 39.0 Å². The number of carbonyl (C=O) groups is 6. The molecule has 0 fully saturated rings. The van der Waals surface area contributed by atoms with Crippen LogP contribution in [0.4, 0.5) is 0 Å². The van der Waals surface area contributed by atoms with Gasteiger partial charge in [-0.1, -0.05) is 38.1 Å². The molecular formula is C27H40N8O8. The van der Waals surface area contributed by atoms with Crippen molar-refractivity contribution >= 4 is 41.5 Å². The van der Waals surface area contributed by atoms with E-state index in [2.05, 4.69) is 31.6 Å². The average molecular weight is 605 g/mol. The number of hydrogen-bond acceptors (Lipinski definition) is 8. The normalized spacial score (nSPS) is 16.0. The Labute approximate surface area is 248 Å². The lowest BCUT2D eigenvalue weighted by Gasteiger charge is -2.27. The fraction of sp³-hybridized carbons (Fsp3) is 0.519. The zero-order valence-electron chi connectivity index (χ0n) is 24.1. The summed E-state index contributed by atoms with van der Waals surface area (Å²) in [5, 5.41) is 31.2. The van der Waals surface area contributed by atoms with Gasteiger partial charge in [-0.3, -0.25) is 29.0 Å². The quantitative estimate of drug-likeness (QED) is 0.0542. The van der Waals surface area contributed by atoms with E-state index in [0.29, 0.717) is 19.4 Å². The molecule has 43 heavy (non-hydrogen) atoms. The first-order valence-corrected chi connectivity index (χ1v) is 13.8. The molecule has 4 amide bonds. The molecule has 0 aliphatic carbocycles. The van der Waals surface area contributed by atoms with Crippen molar-refractivity contribution < 1.29 is 39.0 Å². The van der Waals surface area contributed by atoms with Gasteiger partial charge in [-0.15, -0.1) is 0 Å². The summed E-state index contributed by atoms with van der Waals surface area (Å²) < 4.78 is 0. The molecule has 16 heteroatoms. The highest BCUT2D eigenvalue weighted by Gasteiger charge is 2.31. The Morgan fingerprint density at radius 2 is 1.65 bits per heavy atom. The van der Waals surface area contributed by atoms with Gasteiger partial charge in [0.05, 0.1) is 19.0 Å². The number of nitrogens with zero attached hydrogens (tertiary/aromatic N) is 1. The van der Waals surface area contributed by atoms with Gasteiger partial charge in [0.15, 0.2) is 5.96 Å². The zero-order chi connectivity index (χ0) is 32.1. The summed E-state index contributed by atoms with van der Waals surface area (Å²) in [7, 11) is 0. The van der Waals surface area contributed by atoms with Crippen molar-refractivity contribution in [1.82, 2.24) is 26.6 Å². The van der Waals surface area contributed by atoms with Gasteiger partial charge in [-0.25, -0.2) is 4.79 Å². The predicted octanol–water partition coefficient (Wildman–Crippen LogP) is -2.46. The van der Waals surface area contributed by atoms with E-state index in [4.69, 9.17) is 11.5 Å². The lowest BCUT2D eigenvalue weighted by Crippen LogP contribution is -2.56. The molecular weight excluding hydrogens is 564 g/mol. The maximum Gasteiger partial charge on any atom is 0.326 e. The molecule has 1 aromatic rings. The first-order chi connectivity index (χ1) is 20.3. The Morgan fingerprint density at radius 1 is 0.977 bits per heavy atom. The molecule has 0 aromatic heterocycles. The smallest absolute Gasteiger partial charge is 0.326 e.